The van der Waals surface area contributed by atoms with Crippen LogP contribution in [0.3, 0.4) is 0 Å². The quantitative estimate of drug-likeness (QED) is 0.261. The highest BCUT2D eigenvalue weighted by molar-refractivity contribution is 5.93. The number of hydrazine groups is 1. The van der Waals surface area contributed by atoms with Gasteiger partial charge < -0.3 is 15.3 Å². The predicted octanol–water partition coefficient (Wildman–Crippen LogP) is 4.68. The number of rotatable bonds is 1. The number of nitrogens with zero attached hydrogens (tertiary/aromatic N) is 3. The first-order valence-electron chi connectivity index (χ1n) is 14.3. The molecule has 10 nitrogen and oxygen atoms in total. The molecule has 1 fully saturated rings. The number of Topliss-reactive ketones (excluding diaryl/α,β-unsaturated/α-hetero) is 1. The van der Waals surface area contributed by atoms with Gasteiger partial charge in [-0.3, -0.25) is 19.5 Å². The molecule has 1 aromatic rings. The maximum Gasteiger partial charge on any atom is 0.407 e. The Morgan fingerprint density at radius 2 is 1.68 bits per heavy atom. The minimum atomic E-state index is -0.841. The Morgan fingerprint density at radius 1 is 1.05 bits per heavy atom. The molecule has 3 aliphatic heterocycles. The fourth-order valence-corrected chi connectivity index (χ4v) is 5.14. The first-order valence-corrected chi connectivity index (χ1v) is 14.3. The number of nitrogens with two attached hydrogens (primary N) is 1. The van der Waals surface area contributed by atoms with Gasteiger partial charge in [-0.25, -0.2) is 15.4 Å². The van der Waals surface area contributed by atoms with Gasteiger partial charge in [0.05, 0.1) is 0 Å². The SMILES string of the molecule is CC.CC(=O)C1C=CCCCCC(C)(C)CN(N)C(=O)N2CCCC2C(=O)N1.O=C(O)N1Cc2ccccc2C1. The number of carbonyl (C=O) groups excluding carboxylic acids is 3. The van der Waals surface area contributed by atoms with Crippen LogP contribution >= 0.6 is 0 Å². The van der Waals surface area contributed by atoms with Gasteiger partial charge in [0.25, 0.3) is 0 Å². The summed E-state index contributed by atoms with van der Waals surface area (Å²) < 4.78 is 0. The average Bonchev–Trinajstić information content (AvgIpc) is 3.58. The number of nitrogens with one attached hydrogen (secondary N) is 1. The van der Waals surface area contributed by atoms with Gasteiger partial charge in [-0.1, -0.05) is 70.5 Å². The summed E-state index contributed by atoms with van der Waals surface area (Å²) in [5.74, 6) is 5.65. The Morgan fingerprint density at radius 3 is 2.25 bits per heavy atom. The van der Waals surface area contributed by atoms with Crippen molar-refractivity contribution < 1.29 is 24.3 Å². The van der Waals surface area contributed by atoms with E-state index >= 15 is 0 Å². The van der Waals surface area contributed by atoms with E-state index < -0.39 is 18.2 Å². The predicted molar refractivity (Wildman–Crippen MR) is 155 cm³/mol. The van der Waals surface area contributed by atoms with Gasteiger partial charge in [0, 0.05) is 26.2 Å². The summed E-state index contributed by atoms with van der Waals surface area (Å²) in [6.45, 7) is 11.7. The largest absolute Gasteiger partial charge is 0.465 e. The Hall–Kier alpha value is -3.40. The molecule has 222 valence electrons. The van der Waals surface area contributed by atoms with E-state index in [2.05, 4.69) is 19.2 Å². The lowest BCUT2D eigenvalue weighted by atomic mass is 9.86. The number of benzene rings is 1. The second-order valence-corrected chi connectivity index (χ2v) is 11.1. The topological polar surface area (TPSA) is 136 Å². The summed E-state index contributed by atoms with van der Waals surface area (Å²) in [4.78, 5) is 50.9. The molecule has 1 aromatic carbocycles. The molecule has 40 heavy (non-hydrogen) atoms. The van der Waals surface area contributed by atoms with Crippen molar-refractivity contribution in [2.45, 2.75) is 98.3 Å². The Kier molecular flexibility index (Phi) is 12.6. The van der Waals surface area contributed by atoms with E-state index in [0.717, 1.165) is 43.2 Å². The lowest BCUT2D eigenvalue weighted by molar-refractivity contribution is -0.128. The Bertz CT molecular complexity index is 1030. The number of fused-ring (bicyclic) bond motifs is 2. The second-order valence-electron chi connectivity index (χ2n) is 11.1. The Labute approximate surface area is 238 Å². The molecule has 0 radical (unpaired) electrons. The molecule has 1 saturated heterocycles. The van der Waals surface area contributed by atoms with Crippen LogP contribution in [-0.4, -0.2) is 68.9 Å². The zero-order valence-corrected chi connectivity index (χ0v) is 24.7. The van der Waals surface area contributed by atoms with Crippen LogP contribution in [0.25, 0.3) is 0 Å². The molecule has 3 aliphatic rings. The highest BCUT2D eigenvalue weighted by Crippen LogP contribution is 2.26. The normalized spacial score (nSPS) is 22.8. The molecule has 0 saturated carbocycles. The van der Waals surface area contributed by atoms with Gasteiger partial charge in [0.15, 0.2) is 5.78 Å². The molecule has 0 spiro atoms. The Balaban J connectivity index is 0.000000331. The van der Waals surface area contributed by atoms with Gasteiger partial charge in [-0.15, -0.1) is 0 Å². The van der Waals surface area contributed by atoms with Gasteiger partial charge in [0.2, 0.25) is 5.91 Å². The maximum atomic E-state index is 12.8. The van der Waals surface area contributed by atoms with Crippen molar-refractivity contribution in [2.24, 2.45) is 11.3 Å². The van der Waals surface area contributed by atoms with Crippen molar-refractivity contribution >= 4 is 23.8 Å². The van der Waals surface area contributed by atoms with Gasteiger partial charge in [-0.2, -0.15) is 0 Å². The smallest absolute Gasteiger partial charge is 0.407 e. The molecule has 4 rings (SSSR count). The molecule has 4 amide bonds. The minimum Gasteiger partial charge on any atom is -0.465 e. The molecule has 2 atom stereocenters. The molecule has 10 heteroatoms. The van der Waals surface area contributed by atoms with Gasteiger partial charge in [-0.05, 0) is 55.6 Å². The molecule has 4 N–H and O–H groups in total. The highest BCUT2D eigenvalue weighted by atomic mass is 16.4. The van der Waals surface area contributed by atoms with Crippen LogP contribution in [-0.2, 0) is 22.7 Å². The molecule has 0 aliphatic carbocycles. The summed E-state index contributed by atoms with van der Waals surface area (Å²) in [6.07, 6.45) is 8.05. The lowest BCUT2D eigenvalue weighted by Crippen LogP contribution is -2.56. The first kappa shape index (κ1) is 32.8. The fourth-order valence-electron chi connectivity index (χ4n) is 5.14. The van der Waals surface area contributed by atoms with E-state index in [9.17, 15) is 19.2 Å². The van der Waals surface area contributed by atoms with E-state index in [1.807, 2.05) is 44.2 Å². The van der Waals surface area contributed by atoms with E-state index in [4.69, 9.17) is 10.9 Å². The molecule has 0 bridgehead atoms. The number of carboxylic acid groups (broad SMARTS) is 1. The fraction of sp³-hybridized carbons (Fsp3) is 0.600. The van der Waals surface area contributed by atoms with E-state index in [-0.39, 0.29) is 23.1 Å². The van der Waals surface area contributed by atoms with Gasteiger partial charge in [0.1, 0.15) is 12.1 Å². The zero-order valence-electron chi connectivity index (χ0n) is 24.7. The third kappa shape index (κ3) is 9.36. The number of hydrogen-bond donors (Lipinski definition) is 3. The number of amides is 4. The second kappa shape index (κ2) is 15.4. The highest BCUT2D eigenvalue weighted by Gasteiger charge is 2.37. The standard InChI is InChI=1S/C19H32N4O3.C9H9NO2.C2H6/c1-14(24)15-9-6-4-5-7-11-19(2,3)13-23(20)18(26)22-12-8-10-16(22)17(25)21-15;11-9(12)10-5-7-3-1-2-4-8(7)6-10;1-2/h6,9,15-16H,4-5,7-8,10-13,20H2,1-3H3,(H,21,25);1-4H,5-6H2,(H,11,12);1-2H3. The molecule has 2 unspecified atom stereocenters. The zero-order chi connectivity index (χ0) is 29.9. The average molecular weight is 558 g/mol. The third-order valence-electron chi connectivity index (χ3n) is 7.30. The number of urea groups is 1. The van der Waals surface area contributed by atoms with Crippen molar-refractivity contribution in [2.75, 3.05) is 13.1 Å². The lowest BCUT2D eigenvalue weighted by Gasteiger charge is -2.34. The van der Waals surface area contributed by atoms with Gasteiger partial charge >= 0.3 is 12.1 Å². The van der Waals surface area contributed by atoms with Crippen molar-refractivity contribution in [3.63, 3.8) is 0 Å². The van der Waals surface area contributed by atoms with Crippen LogP contribution < -0.4 is 11.2 Å². The van der Waals surface area contributed by atoms with Crippen LogP contribution in [0.5, 0.6) is 0 Å². The number of hydrogen-bond acceptors (Lipinski definition) is 5. The number of ketones is 1. The van der Waals surface area contributed by atoms with Crippen molar-refractivity contribution in [3.8, 4) is 0 Å². The first-order chi connectivity index (χ1) is 19.0. The summed E-state index contributed by atoms with van der Waals surface area (Å²) >= 11 is 0. The number of carbonyl (C=O) groups is 4. The summed E-state index contributed by atoms with van der Waals surface area (Å²) in [7, 11) is 0. The van der Waals surface area contributed by atoms with E-state index in [1.54, 1.807) is 6.08 Å². The van der Waals surface area contributed by atoms with Crippen LogP contribution in [0.1, 0.15) is 84.3 Å². The molecule has 0 aromatic heterocycles. The van der Waals surface area contributed by atoms with Crippen LogP contribution in [0.15, 0.2) is 36.4 Å². The molecule has 3 heterocycles. The maximum absolute atomic E-state index is 12.8. The summed E-state index contributed by atoms with van der Waals surface area (Å²) in [5.41, 5.74) is 2.16. The van der Waals surface area contributed by atoms with Crippen molar-refractivity contribution in [1.29, 1.82) is 0 Å². The third-order valence-corrected chi connectivity index (χ3v) is 7.30. The van der Waals surface area contributed by atoms with Crippen molar-refractivity contribution in [1.82, 2.24) is 20.1 Å². The summed E-state index contributed by atoms with van der Waals surface area (Å²) in [5, 5.41) is 12.7. The summed E-state index contributed by atoms with van der Waals surface area (Å²) in [6, 6.07) is 6.28. The van der Waals surface area contributed by atoms with E-state index in [0.29, 0.717) is 32.6 Å². The van der Waals surface area contributed by atoms with Crippen LogP contribution in [0, 0.1) is 5.41 Å². The van der Waals surface area contributed by atoms with Crippen LogP contribution in [0.2, 0.25) is 0 Å². The van der Waals surface area contributed by atoms with Crippen molar-refractivity contribution in [3.05, 3.63) is 47.5 Å². The number of allylic oxidation sites excluding steroid dienone is 1. The monoisotopic (exact) mass is 557 g/mol. The minimum absolute atomic E-state index is 0.0896. The molecular weight excluding hydrogens is 510 g/mol. The van der Waals surface area contributed by atoms with E-state index in [1.165, 1.54) is 21.7 Å². The molecular formula is C30H47N5O5. The van der Waals surface area contributed by atoms with Crippen LogP contribution in [0.4, 0.5) is 9.59 Å².